The Morgan fingerprint density at radius 3 is 1.61 bits per heavy atom. The summed E-state index contributed by atoms with van der Waals surface area (Å²) < 4.78 is 0. The maximum Gasteiger partial charge on any atom is 2.00 e. The van der Waals surface area contributed by atoms with Gasteiger partial charge in [0.1, 0.15) is 23.5 Å². The molecule has 2 aliphatic heterocycles. The summed E-state index contributed by atoms with van der Waals surface area (Å²) in [7, 11) is 0. The summed E-state index contributed by atoms with van der Waals surface area (Å²) >= 11 is 0. The second-order valence-electron chi connectivity index (χ2n) is 7.93. The molecule has 1 aromatic heterocycles. The molecule has 8 heteroatoms. The van der Waals surface area contributed by atoms with Gasteiger partial charge in [0, 0.05) is 0 Å². The van der Waals surface area contributed by atoms with Gasteiger partial charge in [-0.1, -0.05) is 57.1 Å². The molecule has 0 saturated carbocycles. The third-order valence-corrected chi connectivity index (χ3v) is 5.54. The van der Waals surface area contributed by atoms with Crippen LogP contribution < -0.4 is 24.8 Å². The Labute approximate surface area is 218 Å². The molecule has 4 aliphatic rings. The second-order valence-corrected chi connectivity index (χ2v) is 7.93. The quantitative estimate of drug-likeness (QED) is 0.435. The minimum atomic E-state index is 0. The summed E-state index contributed by atoms with van der Waals surface area (Å²) in [6.07, 6.45) is 17.3. The van der Waals surface area contributed by atoms with Crippen LogP contribution in [-0.4, -0.2) is 40.2 Å². The first kappa shape index (κ1) is 27.1. The number of nitrogens with zero attached hydrogens (tertiary/aromatic N) is 5. The fourth-order valence-corrected chi connectivity index (χ4v) is 4.07. The molecule has 0 spiro atoms. The van der Waals surface area contributed by atoms with Crippen molar-refractivity contribution >= 4 is 23.1 Å². The number of allylic oxidation sites excluding steroid dienone is 4. The molecular weight excluding hydrogens is 497 g/mol. The Hall–Kier alpha value is -2.11. The van der Waals surface area contributed by atoms with E-state index in [0.29, 0.717) is 11.7 Å². The average Bonchev–Trinajstić information content (AvgIpc) is 3.38. The average molecular weight is 522 g/mol. The van der Waals surface area contributed by atoms with Gasteiger partial charge in [-0.3, -0.25) is 9.98 Å². The van der Waals surface area contributed by atoms with E-state index in [0.717, 1.165) is 48.5 Å². The molecule has 172 valence electrons. The Bertz CT molecular complexity index is 1060. The summed E-state index contributed by atoms with van der Waals surface area (Å²) in [5.74, 6) is 1.37. The van der Waals surface area contributed by atoms with Crippen LogP contribution in [0.1, 0.15) is 50.9 Å². The topological polar surface area (TPSA) is 62.3 Å². The standard InChI is InChI=1S/C25H25N5.2ClH.Fe/c1-3-6-16-10-12-18-22(14-16)29-24(27-18)20-8-5-9-21(26-20)25-28-19-13-11-17(7-4-2)15-23(19)30-25;;;/h5,8-15,18-19H,3-4,6-7H2,1-2H3;2*1H;/q;;;+2/p-2. The van der Waals surface area contributed by atoms with Crippen molar-refractivity contribution < 1.29 is 41.9 Å². The monoisotopic (exact) mass is 521 g/mol. The molecule has 0 saturated heterocycles. The summed E-state index contributed by atoms with van der Waals surface area (Å²) in [5.41, 5.74) is 6.17. The van der Waals surface area contributed by atoms with Crippen LogP contribution in [0.25, 0.3) is 0 Å². The van der Waals surface area contributed by atoms with E-state index in [-0.39, 0.29) is 54.0 Å². The van der Waals surface area contributed by atoms with Crippen molar-refractivity contribution in [1.29, 1.82) is 0 Å². The van der Waals surface area contributed by atoms with E-state index >= 15 is 0 Å². The number of hydrogen-bond donors (Lipinski definition) is 0. The maximum absolute atomic E-state index is 4.80. The van der Waals surface area contributed by atoms with E-state index in [1.54, 1.807) is 0 Å². The van der Waals surface area contributed by atoms with E-state index < -0.39 is 0 Å². The number of amidine groups is 2. The summed E-state index contributed by atoms with van der Waals surface area (Å²) in [4.78, 5) is 23.9. The molecule has 0 N–H and O–H groups in total. The van der Waals surface area contributed by atoms with E-state index in [2.05, 4.69) is 50.3 Å². The van der Waals surface area contributed by atoms with Crippen LogP contribution in [0.15, 0.2) is 85.8 Å². The van der Waals surface area contributed by atoms with Crippen LogP contribution in [-0.2, 0) is 17.1 Å². The van der Waals surface area contributed by atoms with Gasteiger partial charge in [-0.05, 0) is 48.3 Å². The van der Waals surface area contributed by atoms with Gasteiger partial charge in [-0.2, -0.15) is 0 Å². The van der Waals surface area contributed by atoms with Gasteiger partial charge in [-0.25, -0.2) is 15.0 Å². The Balaban J connectivity index is 0.00000128. The maximum atomic E-state index is 4.80. The van der Waals surface area contributed by atoms with E-state index in [9.17, 15) is 0 Å². The van der Waals surface area contributed by atoms with Crippen molar-refractivity contribution in [1.82, 2.24) is 4.98 Å². The Kier molecular flexibility index (Phi) is 9.74. The minimum absolute atomic E-state index is 0. The minimum Gasteiger partial charge on any atom is -1.00 e. The van der Waals surface area contributed by atoms with Crippen LogP contribution in [0, 0.1) is 0 Å². The van der Waals surface area contributed by atoms with Crippen LogP contribution in [0.4, 0.5) is 0 Å². The number of aliphatic imine (C=N–C) groups is 4. The summed E-state index contributed by atoms with van der Waals surface area (Å²) in [5, 5.41) is 0. The molecule has 0 bridgehead atoms. The Morgan fingerprint density at radius 1 is 0.727 bits per heavy atom. The zero-order valence-electron chi connectivity index (χ0n) is 18.5. The van der Waals surface area contributed by atoms with Crippen molar-refractivity contribution in [2.75, 3.05) is 0 Å². The predicted octanol–water partition coefficient (Wildman–Crippen LogP) is -1.18. The SMILES string of the molecule is CCCC1=CC2=NC(c3cccc(C4=NC5C=CC(CCC)=CC5=N4)n3)=NC2C=C1.[Cl-].[Cl-].[Fe+2]. The van der Waals surface area contributed by atoms with Gasteiger partial charge in [-0.15, -0.1) is 0 Å². The number of fused-ring (bicyclic) bond motifs is 2. The summed E-state index contributed by atoms with van der Waals surface area (Å²) in [6.45, 7) is 4.38. The fraction of sp³-hybridized carbons (Fsp3) is 0.320. The van der Waals surface area contributed by atoms with E-state index in [4.69, 9.17) is 25.0 Å². The second kappa shape index (κ2) is 11.8. The normalized spacial score (nSPS) is 21.6. The molecule has 2 aliphatic carbocycles. The van der Waals surface area contributed by atoms with Crippen molar-refractivity contribution in [3.8, 4) is 0 Å². The van der Waals surface area contributed by atoms with Gasteiger partial charge in [0.25, 0.3) is 0 Å². The first-order valence-corrected chi connectivity index (χ1v) is 10.8. The third-order valence-electron chi connectivity index (χ3n) is 5.54. The van der Waals surface area contributed by atoms with Crippen molar-refractivity contribution in [3.05, 3.63) is 77.2 Å². The molecule has 0 aromatic carbocycles. The number of hydrogen-bond acceptors (Lipinski definition) is 5. The molecule has 5 nitrogen and oxygen atoms in total. The first-order valence-electron chi connectivity index (χ1n) is 10.8. The number of rotatable bonds is 6. The van der Waals surface area contributed by atoms with Crippen molar-refractivity contribution in [2.45, 2.75) is 51.6 Å². The molecule has 0 amide bonds. The van der Waals surface area contributed by atoms with E-state index in [1.165, 1.54) is 11.1 Å². The van der Waals surface area contributed by atoms with E-state index in [1.807, 2.05) is 18.2 Å². The fourth-order valence-electron chi connectivity index (χ4n) is 4.07. The molecule has 5 rings (SSSR count). The van der Waals surface area contributed by atoms with Crippen LogP contribution in [0.3, 0.4) is 0 Å². The zero-order valence-corrected chi connectivity index (χ0v) is 21.1. The molecule has 3 heterocycles. The van der Waals surface area contributed by atoms with Gasteiger partial charge >= 0.3 is 17.1 Å². The molecule has 1 aromatic rings. The number of pyridine rings is 1. The zero-order chi connectivity index (χ0) is 20.5. The Morgan fingerprint density at radius 2 is 1.18 bits per heavy atom. The van der Waals surface area contributed by atoms with Crippen molar-refractivity contribution in [3.63, 3.8) is 0 Å². The van der Waals surface area contributed by atoms with Crippen molar-refractivity contribution in [2.24, 2.45) is 20.0 Å². The first-order chi connectivity index (χ1) is 14.7. The number of halogens is 2. The molecule has 2 atom stereocenters. The van der Waals surface area contributed by atoms with Gasteiger partial charge in [0.15, 0.2) is 11.7 Å². The number of aromatic nitrogens is 1. The summed E-state index contributed by atoms with van der Waals surface area (Å²) in [6, 6.07) is 5.91. The largest absolute Gasteiger partial charge is 2.00 e. The smallest absolute Gasteiger partial charge is 1.00 e. The van der Waals surface area contributed by atoms with Gasteiger partial charge < -0.3 is 24.8 Å². The van der Waals surface area contributed by atoms with Gasteiger partial charge in [0.2, 0.25) is 0 Å². The third kappa shape index (κ3) is 5.70. The molecule has 2 unspecified atom stereocenters. The van der Waals surface area contributed by atoms with Crippen LogP contribution >= 0.6 is 0 Å². The van der Waals surface area contributed by atoms with Crippen LogP contribution in [0.5, 0.6) is 0 Å². The molecular formula is C25H25Cl2FeN5. The van der Waals surface area contributed by atoms with Gasteiger partial charge in [0.05, 0.1) is 11.4 Å². The molecule has 0 fully saturated rings. The van der Waals surface area contributed by atoms with Crippen LogP contribution in [0.2, 0.25) is 0 Å². The molecule has 33 heavy (non-hydrogen) atoms. The molecule has 0 radical (unpaired) electrons. The predicted molar refractivity (Wildman–Crippen MR) is 124 cm³/mol.